The van der Waals surface area contributed by atoms with Crippen molar-refractivity contribution >= 4 is 51.2 Å². The molecular formula is C25H26ClN3O4S2. The maximum atomic E-state index is 12.6. The van der Waals surface area contributed by atoms with Crippen molar-refractivity contribution in [2.75, 3.05) is 12.3 Å². The van der Waals surface area contributed by atoms with Crippen molar-refractivity contribution < 1.29 is 18.4 Å². The van der Waals surface area contributed by atoms with Gasteiger partial charge in [0.05, 0.1) is 22.6 Å². The molecule has 0 heterocycles. The first kappa shape index (κ1) is 27.0. The minimum absolute atomic E-state index is 0.0992. The number of hydrogen-bond acceptors (Lipinski definition) is 5. The topological polar surface area (TPSA) is 119 Å². The Hall–Kier alpha value is -2.64. The van der Waals surface area contributed by atoms with Crippen LogP contribution in [0.3, 0.4) is 0 Å². The molecule has 2 aromatic carbocycles. The third kappa shape index (κ3) is 7.67. The molecule has 184 valence electrons. The van der Waals surface area contributed by atoms with E-state index in [9.17, 15) is 18.4 Å². The second kappa shape index (κ2) is 13.4. The summed E-state index contributed by atoms with van der Waals surface area (Å²) in [6.07, 6.45) is 2.79. The minimum Gasteiger partial charge on any atom is -0.351 e. The highest BCUT2D eigenvalue weighted by atomic mass is 35.5. The first-order valence-electron chi connectivity index (χ1n) is 11.1. The third-order valence-electron chi connectivity index (χ3n) is 5.65. The Morgan fingerprint density at radius 3 is 2.57 bits per heavy atom. The molecule has 1 saturated carbocycles. The van der Waals surface area contributed by atoms with Crippen LogP contribution in [0, 0.1) is 17.2 Å². The van der Waals surface area contributed by atoms with E-state index in [1.165, 1.54) is 11.8 Å². The molecule has 0 bridgehead atoms. The summed E-state index contributed by atoms with van der Waals surface area (Å²) < 4.78 is 22.4. The number of rotatable bonds is 9. The molecule has 7 nitrogen and oxygen atoms in total. The van der Waals surface area contributed by atoms with Crippen LogP contribution in [-0.2, 0) is 27.2 Å². The molecule has 35 heavy (non-hydrogen) atoms. The number of carbonyl (C=O) groups is 2. The van der Waals surface area contributed by atoms with Crippen molar-refractivity contribution in [2.45, 2.75) is 37.1 Å². The van der Waals surface area contributed by atoms with Crippen LogP contribution in [0.5, 0.6) is 0 Å². The summed E-state index contributed by atoms with van der Waals surface area (Å²) in [5.74, 6) is -0.741. The fraction of sp³-hybridized carbons (Fsp3) is 0.320. The lowest BCUT2D eigenvalue weighted by Gasteiger charge is -2.26. The summed E-state index contributed by atoms with van der Waals surface area (Å²) in [4.78, 5) is 25.9. The Kier molecular flexibility index (Phi) is 10.4. The first-order chi connectivity index (χ1) is 16.9. The van der Waals surface area contributed by atoms with Crippen LogP contribution in [0.15, 0.2) is 59.0 Å². The van der Waals surface area contributed by atoms with Crippen LogP contribution in [0.25, 0.3) is 4.91 Å². The monoisotopic (exact) mass is 531 g/mol. The fourth-order valence-electron chi connectivity index (χ4n) is 3.96. The number of halogens is 1. The zero-order valence-electron chi connectivity index (χ0n) is 19.0. The van der Waals surface area contributed by atoms with Gasteiger partial charge in [-0.2, -0.15) is 5.26 Å². The maximum Gasteiger partial charge on any atom is 0.230 e. The Morgan fingerprint density at radius 1 is 1.14 bits per heavy atom. The molecule has 1 aliphatic carbocycles. The molecule has 2 amide bonds. The number of nitrogens with zero attached hydrogens (tertiary/aromatic N) is 1. The van der Waals surface area contributed by atoms with Crippen molar-refractivity contribution in [1.29, 1.82) is 5.26 Å². The van der Waals surface area contributed by atoms with E-state index in [0.717, 1.165) is 23.3 Å². The largest absolute Gasteiger partial charge is 0.351 e. The number of nitriles is 1. The third-order valence-corrected chi connectivity index (χ3v) is 7.88. The number of carbonyl (C=O) groups excluding carboxylic acids is 2. The number of amides is 2. The van der Waals surface area contributed by atoms with E-state index in [2.05, 4.69) is 10.6 Å². The highest BCUT2D eigenvalue weighted by Crippen LogP contribution is 2.37. The Balaban J connectivity index is 1.67. The van der Waals surface area contributed by atoms with E-state index in [0.29, 0.717) is 35.5 Å². The summed E-state index contributed by atoms with van der Waals surface area (Å²) >= 11 is 5.18. The normalized spacial score (nSPS) is 17.7. The van der Waals surface area contributed by atoms with Gasteiger partial charge in [0, 0.05) is 16.5 Å². The number of nitrogens with one attached hydrogen (secondary N) is 2. The van der Waals surface area contributed by atoms with E-state index in [1.807, 2.05) is 24.3 Å². The quantitative estimate of drug-likeness (QED) is 0.249. The summed E-state index contributed by atoms with van der Waals surface area (Å²) in [5.41, 5.74) is 2.05. The second-order valence-corrected chi connectivity index (χ2v) is 10.3. The highest BCUT2D eigenvalue weighted by Gasteiger charge is 2.30. The predicted molar refractivity (Wildman–Crippen MR) is 139 cm³/mol. The lowest BCUT2D eigenvalue weighted by Crippen LogP contribution is -2.34. The smallest absolute Gasteiger partial charge is 0.230 e. The van der Waals surface area contributed by atoms with Gasteiger partial charge in [-0.15, -0.1) is 11.8 Å². The van der Waals surface area contributed by atoms with Gasteiger partial charge in [0.2, 0.25) is 11.8 Å². The van der Waals surface area contributed by atoms with Gasteiger partial charge in [-0.3, -0.25) is 9.59 Å². The Bertz CT molecular complexity index is 1160. The van der Waals surface area contributed by atoms with Gasteiger partial charge >= 0.3 is 0 Å². The van der Waals surface area contributed by atoms with Crippen molar-refractivity contribution in [3.63, 3.8) is 0 Å². The van der Waals surface area contributed by atoms with Crippen LogP contribution >= 0.6 is 23.4 Å². The number of thioether (sulfide) groups is 1. The van der Waals surface area contributed by atoms with Crippen LogP contribution in [0.4, 0.5) is 0 Å². The summed E-state index contributed by atoms with van der Waals surface area (Å²) in [7, 11) is 0. The summed E-state index contributed by atoms with van der Waals surface area (Å²) in [6.45, 7) is 0.248. The van der Waals surface area contributed by atoms with Crippen LogP contribution in [0.1, 0.15) is 36.8 Å². The van der Waals surface area contributed by atoms with Crippen molar-refractivity contribution in [1.82, 2.24) is 10.6 Å². The summed E-state index contributed by atoms with van der Waals surface area (Å²) in [6, 6.07) is 16.3. The van der Waals surface area contributed by atoms with Gasteiger partial charge in [-0.1, -0.05) is 48.4 Å². The van der Waals surface area contributed by atoms with Gasteiger partial charge in [0.25, 0.3) is 0 Å². The van der Waals surface area contributed by atoms with Crippen molar-refractivity contribution in [2.24, 2.45) is 5.92 Å². The van der Waals surface area contributed by atoms with Gasteiger partial charge in [0.15, 0.2) is 11.1 Å². The highest BCUT2D eigenvalue weighted by molar-refractivity contribution is 8.00. The average Bonchev–Trinajstić information content (AvgIpc) is 2.86. The van der Waals surface area contributed by atoms with Gasteiger partial charge in [-0.05, 0) is 54.2 Å². The molecule has 2 aromatic rings. The van der Waals surface area contributed by atoms with Gasteiger partial charge in [0.1, 0.15) is 6.54 Å². The molecule has 10 heteroatoms. The van der Waals surface area contributed by atoms with E-state index in [1.54, 1.807) is 30.3 Å². The average molecular weight is 532 g/mol. The molecule has 1 aliphatic rings. The molecule has 0 spiro atoms. The maximum absolute atomic E-state index is 12.6. The summed E-state index contributed by atoms with van der Waals surface area (Å²) in [5, 5.41) is 14.8. The molecule has 2 unspecified atom stereocenters. The molecule has 3 rings (SSSR count). The number of hydrogen-bond donors (Lipinski definition) is 3. The van der Waals surface area contributed by atoms with Crippen LogP contribution in [0.2, 0.25) is 5.02 Å². The molecule has 3 N–H and O–H groups in total. The Labute approximate surface area is 216 Å². The molecule has 2 atom stereocenters. The van der Waals surface area contributed by atoms with E-state index >= 15 is 0 Å². The van der Waals surface area contributed by atoms with Gasteiger partial charge < -0.3 is 15.2 Å². The standard InChI is InChI=1S/C25H26ClN3O4S2/c26-22-8-4-1-5-18(22)15-29-23(30)16-34-19-11-9-17(10-12-19)24(35(32)33)20-6-2-3-7-21(20)25(31)28-14-13-27/h1,4-5,8-12,21H,2-3,6-7,14-16H2,(H,28,31)(H,29,30)(H,32,33). The molecule has 0 aliphatic heterocycles. The zero-order valence-corrected chi connectivity index (χ0v) is 21.3. The first-order valence-corrected chi connectivity index (χ1v) is 13.6. The molecular weight excluding hydrogens is 506 g/mol. The second-order valence-electron chi connectivity index (χ2n) is 7.96. The molecule has 1 fully saturated rings. The lowest BCUT2D eigenvalue weighted by atomic mass is 9.82. The molecule has 0 aromatic heterocycles. The molecule has 0 saturated heterocycles. The Morgan fingerprint density at radius 2 is 1.89 bits per heavy atom. The van der Waals surface area contributed by atoms with E-state index in [-0.39, 0.29) is 29.0 Å². The zero-order chi connectivity index (χ0) is 25.2. The van der Waals surface area contributed by atoms with Crippen molar-refractivity contribution in [3.8, 4) is 6.07 Å². The lowest BCUT2D eigenvalue weighted by molar-refractivity contribution is -0.124. The van der Waals surface area contributed by atoms with Crippen LogP contribution in [-0.4, -0.2) is 32.9 Å². The van der Waals surface area contributed by atoms with E-state index < -0.39 is 17.0 Å². The predicted octanol–water partition coefficient (Wildman–Crippen LogP) is 4.51. The number of benzene rings is 2. The fourth-order valence-corrected chi connectivity index (χ4v) is 5.70. The van der Waals surface area contributed by atoms with Gasteiger partial charge in [-0.25, -0.2) is 4.21 Å². The SMILES string of the molecule is N#CCNC(=O)C1CCCCC1=C(c1ccc(SCC(=O)NCc2ccccc2Cl)cc1)S(=O)O. The minimum atomic E-state index is -2.28. The van der Waals surface area contributed by atoms with Crippen LogP contribution < -0.4 is 10.6 Å². The van der Waals surface area contributed by atoms with E-state index in [4.69, 9.17) is 16.9 Å². The molecule has 0 radical (unpaired) electrons. The van der Waals surface area contributed by atoms with Crippen molar-refractivity contribution in [3.05, 3.63) is 70.3 Å².